The quantitative estimate of drug-likeness (QED) is 0.754. The molecule has 0 aliphatic carbocycles. The molecule has 0 saturated carbocycles. The number of hydrogen-bond acceptors (Lipinski definition) is 3. The molecule has 0 fully saturated rings. The van der Waals surface area contributed by atoms with Gasteiger partial charge in [-0.1, -0.05) is 0 Å². The van der Waals surface area contributed by atoms with Crippen LogP contribution in [0.1, 0.15) is 10.4 Å². The smallest absolute Gasteiger partial charge is 0.255 e. The average molecular weight is 201 g/mol. The molecule has 1 heterocycles. The van der Waals surface area contributed by atoms with Gasteiger partial charge in [-0.25, -0.2) is 13.8 Å². The van der Waals surface area contributed by atoms with E-state index in [1.54, 1.807) is 0 Å². The second-order valence-corrected chi connectivity index (χ2v) is 2.54. The molecule has 0 spiro atoms. The van der Waals surface area contributed by atoms with Crippen molar-refractivity contribution in [3.05, 3.63) is 23.9 Å². The summed E-state index contributed by atoms with van der Waals surface area (Å²) in [5.74, 6) is -0.616. The molecule has 0 bridgehead atoms. The first kappa shape index (κ1) is 10.4. The highest BCUT2D eigenvalue weighted by atomic mass is 19.3. The zero-order valence-electron chi connectivity index (χ0n) is 7.21. The number of hydrogen-bond donors (Lipinski definition) is 2. The van der Waals surface area contributed by atoms with Crippen LogP contribution in [-0.2, 0) is 0 Å². The molecule has 0 atom stereocenters. The van der Waals surface area contributed by atoms with Gasteiger partial charge in [-0.15, -0.1) is 0 Å². The van der Waals surface area contributed by atoms with Crippen LogP contribution in [0.5, 0.6) is 0 Å². The second-order valence-electron chi connectivity index (χ2n) is 2.54. The Kier molecular flexibility index (Phi) is 3.33. The van der Waals surface area contributed by atoms with Gasteiger partial charge in [0.2, 0.25) is 0 Å². The number of alkyl halides is 2. The highest BCUT2D eigenvalue weighted by Gasteiger charge is 2.11. The van der Waals surface area contributed by atoms with E-state index in [9.17, 15) is 13.6 Å². The number of carbonyl (C=O) groups is 1. The van der Waals surface area contributed by atoms with E-state index in [1.165, 1.54) is 18.3 Å². The van der Waals surface area contributed by atoms with Gasteiger partial charge >= 0.3 is 0 Å². The van der Waals surface area contributed by atoms with Gasteiger partial charge in [0.05, 0.1) is 12.1 Å². The maximum Gasteiger partial charge on any atom is 0.255 e. The number of aromatic nitrogens is 1. The van der Waals surface area contributed by atoms with Gasteiger partial charge < -0.3 is 11.1 Å². The lowest BCUT2D eigenvalue weighted by Gasteiger charge is -2.05. The lowest BCUT2D eigenvalue weighted by atomic mass is 10.2. The fraction of sp³-hybridized carbons (Fsp3) is 0.250. The number of amides is 1. The molecule has 0 aliphatic rings. The number of nitrogen functional groups attached to an aromatic ring is 1. The van der Waals surface area contributed by atoms with E-state index in [4.69, 9.17) is 5.73 Å². The van der Waals surface area contributed by atoms with Crippen molar-refractivity contribution in [2.24, 2.45) is 0 Å². The Morgan fingerprint density at radius 3 is 2.93 bits per heavy atom. The molecule has 14 heavy (non-hydrogen) atoms. The summed E-state index contributed by atoms with van der Waals surface area (Å²) in [6, 6.07) is 2.93. The van der Waals surface area contributed by atoms with Crippen molar-refractivity contribution in [1.29, 1.82) is 0 Å². The minimum Gasteiger partial charge on any atom is -0.383 e. The lowest BCUT2D eigenvalue weighted by Crippen LogP contribution is -2.29. The van der Waals surface area contributed by atoms with Crippen LogP contribution in [0.2, 0.25) is 0 Å². The summed E-state index contributed by atoms with van der Waals surface area (Å²) in [5.41, 5.74) is 5.47. The Balaban J connectivity index is 2.65. The highest BCUT2D eigenvalue weighted by Crippen LogP contribution is 2.06. The predicted octanol–water partition coefficient (Wildman–Crippen LogP) is 0.659. The first-order chi connectivity index (χ1) is 6.61. The summed E-state index contributed by atoms with van der Waals surface area (Å²) in [4.78, 5) is 14.9. The molecule has 1 aromatic heterocycles. The maximum atomic E-state index is 11.7. The average Bonchev–Trinajstić information content (AvgIpc) is 2.15. The van der Waals surface area contributed by atoms with E-state index >= 15 is 0 Å². The maximum absolute atomic E-state index is 11.7. The fourth-order valence-corrected chi connectivity index (χ4v) is 0.875. The van der Waals surface area contributed by atoms with E-state index in [2.05, 4.69) is 4.98 Å². The molecule has 0 aromatic carbocycles. The molecule has 4 nitrogen and oxygen atoms in total. The van der Waals surface area contributed by atoms with E-state index < -0.39 is 18.9 Å². The van der Waals surface area contributed by atoms with Crippen molar-refractivity contribution >= 4 is 11.7 Å². The predicted molar refractivity (Wildman–Crippen MR) is 47.0 cm³/mol. The number of carbonyl (C=O) groups excluding carboxylic acids is 1. The number of halogens is 2. The Hall–Kier alpha value is -1.72. The van der Waals surface area contributed by atoms with Crippen molar-refractivity contribution in [2.75, 3.05) is 12.3 Å². The van der Waals surface area contributed by atoms with Crippen molar-refractivity contribution < 1.29 is 13.6 Å². The van der Waals surface area contributed by atoms with Crippen LogP contribution in [0.15, 0.2) is 18.3 Å². The Morgan fingerprint density at radius 2 is 2.36 bits per heavy atom. The van der Waals surface area contributed by atoms with Crippen LogP contribution in [0.25, 0.3) is 0 Å². The fourth-order valence-electron chi connectivity index (χ4n) is 0.875. The molecule has 1 amide bonds. The number of anilines is 1. The van der Waals surface area contributed by atoms with E-state index in [0.717, 1.165) is 0 Å². The van der Waals surface area contributed by atoms with Crippen LogP contribution in [0.4, 0.5) is 14.6 Å². The Labute approximate surface area is 79.1 Å². The SMILES string of the molecule is Nc1ncccc1C(=O)NCC(F)F. The number of nitrogens with one attached hydrogen (secondary N) is 1. The topological polar surface area (TPSA) is 68.0 Å². The van der Waals surface area contributed by atoms with Crippen molar-refractivity contribution in [1.82, 2.24) is 10.3 Å². The number of nitrogens with two attached hydrogens (primary N) is 1. The largest absolute Gasteiger partial charge is 0.383 e. The normalized spacial score (nSPS) is 10.2. The third kappa shape index (κ3) is 2.65. The molecule has 0 unspecified atom stereocenters. The molecular formula is C8H9F2N3O. The van der Waals surface area contributed by atoms with Gasteiger partial charge in [0.15, 0.2) is 0 Å². The van der Waals surface area contributed by atoms with E-state index in [1.807, 2.05) is 5.32 Å². The number of pyridine rings is 1. The molecule has 0 radical (unpaired) electrons. The van der Waals surface area contributed by atoms with E-state index in [-0.39, 0.29) is 11.4 Å². The minimum atomic E-state index is -2.57. The highest BCUT2D eigenvalue weighted by molar-refractivity contribution is 5.98. The van der Waals surface area contributed by atoms with Crippen molar-refractivity contribution in [3.63, 3.8) is 0 Å². The third-order valence-electron chi connectivity index (χ3n) is 1.50. The zero-order valence-corrected chi connectivity index (χ0v) is 7.21. The van der Waals surface area contributed by atoms with Gasteiger partial charge in [-0.3, -0.25) is 4.79 Å². The van der Waals surface area contributed by atoms with Crippen LogP contribution in [0, 0.1) is 0 Å². The number of nitrogens with zero attached hydrogens (tertiary/aromatic N) is 1. The van der Waals surface area contributed by atoms with Crippen molar-refractivity contribution in [3.8, 4) is 0 Å². The molecule has 1 rings (SSSR count). The zero-order chi connectivity index (χ0) is 10.6. The summed E-state index contributed by atoms with van der Waals surface area (Å²) in [6.45, 7) is -0.687. The summed E-state index contributed by atoms with van der Waals surface area (Å²) >= 11 is 0. The lowest BCUT2D eigenvalue weighted by molar-refractivity contribution is 0.0892. The summed E-state index contributed by atoms with van der Waals surface area (Å²) in [5, 5.41) is 2.03. The standard InChI is InChI=1S/C8H9F2N3O/c9-6(10)4-13-8(14)5-2-1-3-12-7(5)11/h1-3,6H,4H2,(H2,11,12)(H,13,14). The van der Waals surface area contributed by atoms with Gasteiger partial charge in [0, 0.05) is 6.20 Å². The summed E-state index contributed by atoms with van der Waals surface area (Å²) in [6.07, 6.45) is -1.16. The second kappa shape index (κ2) is 4.50. The van der Waals surface area contributed by atoms with Gasteiger partial charge in [0.1, 0.15) is 5.82 Å². The third-order valence-corrected chi connectivity index (χ3v) is 1.50. The molecule has 76 valence electrons. The van der Waals surface area contributed by atoms with Crippen LogP contribution >= 0.6 is 0 Å². The molecule has 3 N–H and O–H groups in total. The van der Waals surface area contributed by atoms with Crippen LogP contribution < -0.4 is 11.1 Å². The van der Waals surface area contributed by atoms with Crippen LogP contribution in [0.3, 0.4) is 0 Å². The monoisotopic (exact) mass is 201 g/mol. The van der Waals surface area contributed by atoms with Gasteiger partial charge in [-0.2, -0.15) is 0 Å². The first-order valence-corrected chi connectivity index (χ1v) is 3.88. The number of rotatable bonds is 3. The summed E-state index contributed by atoms with van der Waals surface area (Å²) < 4.78 is 23.5. The van der Waals surface area contributed by atoms with Crippen molar-refractivity contribution in [2.45, 2.75) is 6.43 Å². The molecular weight excluding hydrogens is 192 g/mol. The Bertz CT molecular complexity index is 330. The summed E-state index contributed by atoms with van der Waals surface area (Å²) in [7, 11) is 0. The minimum absolute atomic E-state index is 0.0271. The molecule has 0 saturated heterocycles. The van der Waals surface area contributed by atoms with E-state index in [0.29, 0.717) is 0 Å². The molecule has 1 aromatic rings. The van der Waals surface area contributed by atoms with Crippen LogP contribution in [-0.4, -0.2) is 23.9 Å². The van der Waals surface area contributed by atoms with Gasteiger partial charge in [-0.05, 0) is 12.1 Å². The molecule has 6 heteroatoms. The Morgan fingerprint density at radius 1 is 1.64 bits per heavy atom. The first-order valence-electron chi connectivity index (χ1n) is 3.88. The van der Waals surface area contributed by atoms with Gasteiger partial charge in [0.25, 0.3) is 12.3 Å². The molecule has 0 aliphatic heterocycles.